The van der Waals surface area contributed by atoms with E-state index in [9.17, 15) is 0 Å². The first kappa shape index (κ1) is 12.0. The highest BCUT2D eigenvalue weighted by Gasteiger charge is 1.98. The lowest BCUT2D eigenvalue weighted by Gasteiger charge is -2.06. The van der Waals surface area contributed by atoms with Crippen LogP contribution in [0, 0.1) is 0 Å². The average Bonchev–Trinajstić information content (AvgIpc) is 2.37. The van der Waals surface area contributed by atoms with Crippen LogP contribution in [-0.2, 0) is 13.2 Å². The summed E-state index contributed by atoms with van der Waals surface area (Å²) < 4.78 is 6.52. The predicted molar refractivity (Wildman–Crippen MR) is 68.4 cm³/mol. The van der Waals surface area contributed by atoms with E-state index in [0.717, 1.165) is 21.5 Å². The minimum Gasteiger partial charge on any atom is -0.487 e. The molecular weight excluding hydrogens is 282 g/mol. The summed E-state index contributed by atoms with van der Waals surface area (Å²) >= 11 is 3.36. The predicted octanol–water partition coefficient (Wildman–Crippen LogP) is 2.28. The third-order valence-electron chi connectivity index (χ3n) is 2.17. The Hall–Kier alpha value is -1.46. The molecule has 2 rings (SSSR count). The first-order chi connectivity index (χ1) is 8.28. The number of hydrogen-bond acceptors (Lipinski definition) is 4. The van der Waals surface area contributed by atoms with Gasteiger partial charge in [-0.15, -0.1) is 0 Å². The zero-order valence-electron chi connectivity index (χ0n) is 9.14. The van der Waals surface area contributed by atoms with Crippen LogP contribution in [0.1, 0.15) is 11.3 Å². The van der Waals surface area contributed by atoms with Crippen molar-refractivity contribution in [1.29, 1.82) is 0 Å². The quantitative estimate of drug-likeness (QED) is 0.939. The lowest BCUT2D eigenvalue weighted by molar-refractivity contribution is 0.304. The molecule has 5 heteroatoms. The normalized spacial score (nSPS) is 10.2. The third kappa shape index (κ3) is 3.51. The van der Waals surface area contributed by atoms with Gasteiger partial charge in [0.1, 0.15) is 12.4 Å². The molecule has 2 N–H and O–H groups in total. The van der Waals surface area contributed by atoms with Gasteiger partial charge in [0.2, 0.25) is 0 Å². The molecule has 0 fully saturated rings. The largest absolute Gasteiger partial charge is 0.487 e. The number of rotatable bonds is 4. The van der Waals surface area contributed by atoms with E-state index in [2.05, 4.69) is 25.9 Å². The molecule has 88 valence electrons. The fourth-order valence-corrected chi connectivity index (χ4v) is 1.73. The van der Waals surface area contributed by atoms with Gasteiger partial charge in [-0.3, -0.25) is 9.97 Å². The van der Waals surface area contributed by atoms with Crippen molar-refractivity contribution in [3.05, 3.63) is 52.5 Å². The van der Waals surface area contributed by atoms with E-state index in [1.165, 1.54) is 0 Å². The summed E-state index contributed by atoms with van der Waals surface area (Å²) in [6.45, 7) is 0.909. The topological polar surface area (TPSA) is 61.0 Å². The summed E-state index contributed by atoms with van der Waals surface area (Å²) in [6, 6.07) is 5.68. The Morgan fingerprint density at radius 3 is 2.76 bits per heavy atom. The molecule has 0 aliphatic carbocycles. The molecule has 0 amide bonds. The maximum atomic E-state index is 5.58. The monoisotopic (exact) mass is 293 g/mol. The highest BCUT2D eigenvalue weighted by atomic mass is 79.9. The van der Waals surface area contributed by atoms with E-state index in [1.807, 2.05) is 18.2 Å². The summed E-state index contributed by atoms with van der Waals surface area (Å²) in [5.41, 5.74) is 7.32. The van der Waals surface area contributed by atoms with Crippen LogP contribution in [0.2, 0.25) is 0 Å². The first-order valence-corrected chi connectivity index (χ1v) is 5.94. The summed E-state index contributed by atoms with van der Waals surface area (Å²) in [4.78, 5) is 8.22. The van der Waals surface area contributed by atoms with Crippen molar-refractivity contribution in [2.24, 2.45) is 5.73 Å². The molecule has 0 spiro atoms. The van der Waals surface area contributed by atoms with Gasteiger partial charge in [0.05, 0.1) is 11.9 Å². The highest BCUT2D eigenvalue weighted by Crippen LogP contribution is 2.14. The minimum absolute atomic E-state index is 0.440. The van der Waals surface area contributed by atoms with Crippen LogP contribution in [-0.4, -0.2) is 9.97 Å². The van der Waals surface area contributed by atoms with E-state index < -0.39 is 0 Å². The van der Waals surface area contributed by atoms with Gasteiger partial charge in [-0.05, 0) is 34.1 Å². The van der Waals surface area contributed by atoms with Crippen LogP contribution >= 0.6 is 15.9 Å². The highest BCUT2D eigenvalue weighted by molar-refractivity contribution is 9.10. The van der Waals surface area contributed by atoms with Crippen LogP contribution in [0.5, 0.6) is 5.75 Å². The summed E-state index contributed by atoms with van der Waals surface area (Å²) in [5, 5.41) is 0. The summed E-state index contributed by atoms with van der Waals surface area (Å²) in [7, 11) is 0. The molecule has 0 aliphatic heterocycles. The second-order valence-corrected chi connectivity index (χ2v) is 4.41. The molecule has 0 saturated heterocycles. The summed E-state index contributed by atoms with van der Waals surface area (Å²) in [6.07, 6.45) is 5.18. The van der Waals surface area contributed by atoms with Crippen LogP contribution in [0.4, 0.5) is 0 Å². The summed E-state index contributed by atoms with van der Waals surface area (Å²) in [5.74, 6) is 0.724. The molecule has 2 aromatic heterocycles. The van der Waals surface area contributed by atoms with E-state index in [4.69, 9.17) is 10.5 Å². The zero-order chi connectivity index (χ0) is 12.1. The molecule has 17 heavy (non-hydrogen) atoms. The molecule has 0 atom stereocenters. The molecule has 0 unspecified atom stereocenters. The average molecular weight is 294 g/mol. The number of ether oxygens (including phenoxy) is 1. The second kappa shape index (κ2) is 5.75. The SMILES string of the molecule is NCc1ccc(OCc2cncc(Br)c2)cn1. The number of hydrogen-bond donors (Lipinski definition) is 1. The molecule has 0 saturated carbocycles. The van der Waals surface area contributed by atoms with E-state index in [1.54, 1.807) is 18.6 Å². The van der Waals surface area contributed by atoms with Crippen molar-refractivity contribution in [1.82, 2.24) is 9.97 Å². The molecule has 0 bridgehead atoms. The molecule has 0 aromatic carbocycles. The van der Waals surface area contributed by atoms with E-state index in [-0.39, 0.29) is 0 Å². The van der Waals surface area contributed by atoms with Gasteiger partial charge in [0, 0.05) is 29.0 Å². The zero-order valence-corrected chi connectivity index (χ0v) is 10.7. The van der Waals surface area contributed by atoms with Crippen molar-refractivity contribution < 1.29 is 4.74 Å². The van der Waals surface area contributed by atoms with Crippen LogP contribution < -0.4 is 10.5 Å². The van der Waals surface area contributed by atoms with Gasteiger partial charge in [0.25, 0.3) is 0 Å². The minimum atomic E-state index is 0.440. The van der Waals surface area contributed by atoms with Crippen molar-refractivity contribution in [2.75, 3.05) is 0 Å². The molecule has 0 aliphatic rings. The fraction of sp³-hybridized carbons (Fsp3) is 0.167. The van der Waals surface area contributed by atoms with E-state index >= 15 is 0 Å². The smallest absolute Gasteiger partial charge is 0.138 e. The molecule has 2 aromatic rings. The number of aromatic nitrogens is 2. The maximum Gasteiger partial charge on any atom is 0.138 e. The van der Waals surface area contributed by atoms with Gasteiger partial charge >= 0.3 is 0 Å². The number of nitrogens with zero attached hydrogens (tertiary/aromatic N) is 2. The van der Waals surface area contributed by atoms with Gasteiger partial charge in [-0.1, -0.05) is 0 Å². The Morgan fingerprint density at radius 2 is 2.12 bits per heavy atom. The van der Waals surface area contributed by atoms with Crippen LogP contribution in [0.25, 0.3) is 0 Å². The van der Waals surface area contributed by atoms with Crippen LogP contribution in [0.3, 0.4) is 0 Å². The fourth-order valence-electron chi connectivity index (χ4n) is 1.32. The third-order valence-corrected chi connectivity index (χ3v) is 2.61. The Kier molecular flexibility index (Phi) is 4.06. The van der Waals surface area contributed by atoms with Crippen molar-refractivity contribution in [2.45, 2.75) is 13.2 Å². The second-order valence-electron chi connectivity index (χ2n) is 3.49. The van der Waals surface area contributed by atoms with Gasteiger partial charge in [-0.25, -0.2) is 0 Å². The Bertz CT molecular complexity index is 487. The number of nitrogens with two attached hydrogens (primary N) is 1. The Labute approximate surface area is 108 Å². The van der Waals surface area contributed by atoms with Gasteiger partial charge < -0.3 is 10.5 Å². The van der Waals surface area contributed by atoms with Gasteiger partial charge in [0.15, 0.2) is 0 Å². The number of pyridine rings is 2. The Balaban J connectivity index is 1.97. The number of halogens is 1. The van der Waals surface area contributed by atoms with E-state index in [0.29, 0.717) is 13.2 Å². The maximum absolute atomic E-state index is 5.58. The van der Waals surface area contributed by atoms with Crippen molar-refractivity contribution in [3.8, 4) is 5.75 Å². The molecule has 4 nitrogen and oxygen atoms in total. The standard InChI is InChI=1S/C12H12BrN3O/c13-10-3-9(5-15-6-10)8-17-12-2-1-11(4-14)16-7-12/h1-3,5-7H,4,8,14H2. The first-order valence-electron chi connectivity index (χ1n) is 5.15. The molecular formula is C12H12BrN3O. The van der Waals surface area contributed by atoms with Crippen molar-refractivity contribution in [3.63, 3.8) is 0 Å². The molecule has 2 heterocycles. The lowest BCUT2D eigenvalue weighted by atomic mass is 10.3. The van der Waals surface area contributed by atoms with Crippen LogP contribution in [0.15, 0.2) is 41.3 Å². The molecule has 0 radical (unpaired) electrons. The van der Waals surface area contributed by atoms with Crippen molar-refractivity contribution >= 4 is 15.9 Å². The lowest BCUT2D eigenvalue weighted by Crippen LogP contribution is -2.00. The van der Waals surface area contributed by atoms with Gasteiger partial charge in [-0.2, -0.15) is 0 Å². The Morgan fingerprint density at radius 1 is 1.24 bits per heavy atom.